The number of hydrogen-bond acceptors (Lipinski definition) is 5. The van der Waals surface area contributed by atoms with Crippen LogP contribution in [0.1, 0.15) is 27.2 Å². The summed E-state index contributed by atoms with van der Waals surface area (Å²) < 4.78 is 18.5. The van der Waals surface area contributed by atoms with Crippen molar-refractivity contribution in [1.29, 1.82) is 0 Å². The van der Waals surface area contributed by atoms with Crippen LogP contribution < -0.4 is 5.32 Å². The Labute approximate surface area is 175 Å². The molecule has 30 heavy (non-hydrogen) atoms. The van der Waals surface area contributed by atoms with Crippen molar-refractivity contribution in [1.82, 2.24) is 28.8 Å². The van der Waals surface area contributed by atoms with E-state index in [2.05, 4.69) is 55.1 Å². The van der Waals surface area contributed by atoms with E-state index >= 15 is 0 Å². The first-order valence-electron chi connectivity index (χ1n) is 10.1. The molecule has 4 rings (SSSR count). The van der Waals surface area contributed by atoms with Crippen molar-refractivity contribution in [2.45, 2.75) is 39.3 Å². The number of fused-ring (bicyclic) bond motifs is 3. The number of aromatic nitrogens is 5. The van der Waals surface area contributed by atoms with Crippen molar-refractivity contribution in [2.75, 3.05) is 26.0 Å². The van der Waals surface area contributed by atoms with Gasteiger partial charge in [0.2, 0.25) is 0 Å². The summed E-state index contributed by atoms with van der Waals surface area (Å²) in [5.74, 6) is 0.399. The molecule has 158 valence electrons. The van der Waals surface area contributed by atoms with E-state index in [9.17, 15) is 4.39 Å². The van der Waals surface area contributed by atoms with Crippen LogP contribution in [-0.2, 0) is 6.54 Å². The summed E-state index contributed by atoms with van der Waals surface area (Å²) in [6.45, 7) is 7.99. The summed E-state index contributed by atoms with van der Waals surface area (Å²) in [6, 6.07) is 6.69. The molecule has 0 bridgehead atoms. The van der Waals surface area contributed by atoms with E-state index in [-0.39, 0.29) is 11.4 Å². The van der Waals surface area contributed by atoms with Gasteiger partial charge in [0.15, 0.2) is 16.8 Å². The van der Waals surface area contributed by atoms with Crippen LogP contribution in [0, 0.1) is 5.82 Å². The van der Waals surface area contributed by atoms with Gasteiger partial charge >= 0.3 is 0 Å². The molecular formula is C22H28FN7. The fraction of sp³-hybridized carbons (Fsp3) is 0.409. The zero-order valence-corrected chi connectivity index (χ0v) is 18.1. The standard InChI is InChI=1S/C22H28FN7/c1-22(2,3)27-21-17(15-9-6-7-10-16(15)23)26-20-18-19(25-14-30(20)21)29(13-24-18)12-8-11-28(4)5/h6-7,9-10,13-14,27H,8,11-12H2,1-5H3. The highest BCUT2D eigenvalue weighted by molar-refractivity contribution is 5.90. The summed E-state index contributed by atoms with van der Waals surface area (Å²) in [5, 5.41) is 3.47. The Hall–Kier alpha value is -3.00. The van der Waals surface area contributed by atoms with Gasteiger partial charge in [-0.25, -0.2) is 19.3 Å². The Morgan fingerprint density at radius 1 is 1.07 bits per heavy atom. The van der Waals surface area contributed by atoms with Crippen molar-refractivity contribution in [3.8, 4) is 11.3 Å². The number of nitrogens with one attached hydrogen (secondary N) is 1. The molecule has 8 heteroatoms. The van der Waals surface area contributed by atoms with Gasteiger partial charge in [0.1, 0.15) is 23.7 Å². The van der Waals surface area contributed by atoms with Gasteiger partial charge in [0.25, 0.3) is 0 Å². The molecule has 0 aliphatic rings. The lowest BCUT2D eigenvalue weighted by atomic mass is 10.1. The number of nitrogens with zero attached hydrogens (tertiary/aromatic N) is 6. The van der Waals surface area contributed by atoms with E-state index in [0.29, 0.717) is 28.2 Å². The van der Waals surface area contributed by atoms with Crippen molar-refractivity contribution in [3.05, 3.63) is 42.7 Å². The van der Waals surface area contributed by atoms with Crippen LogP contribution in [0.4, 0.5) is 10.2 Å². The second-order valence-electron chi connectivity index (χ2n) is 8.87. The van der Waals surface area contributed by atoms with Gasteiger partial charge in [-0.15, -0.1) is 0 Å². The number of imidazole rings is 2. The first kappa shape index (κ1) is 20.3. The van der Waals surface area contributed by atoms with Gasteiger partial charge in [-0.3, -0.25) is 4.40 Å². The zero-order chi connectivity index (χ0) is 21.5. The number of anilines is 1. The van der Waals surface area contributed by atoms with E-state index in [0.717, 1.165) is 25.2 Å². The number of aryl methyl sites for hydroxylation is 1. The lowest BCUT2D eigenvalue weighted by Gasteiger charge is -2.22. The highest BCUT2D eigenvalue weighted by atomic mass is 19.1. The normalized spacial score (nSPS) is 12.4. The lowest BCUT2D eigenvalue weighted by molar-refractivity contribution is 0.387. The SMILES string of the molecule is CN(C)CCCn1cnc2c1ncn1c(NC(C)(C)C)c(-c3ccccc3F)nc21. The fourth-order valence-corrected chi connectivity index (χ4v) is 3.53. The van der Waals surface area contributed by atoms with Crippen LogP contribution in [0.3, 0.4) is 0 Å². The molecule has 4 aromatic rings. The summed E-state index contributed by atoms with van der Waals surface area (Å²) >= 11 is 0. The van der Waals surface area contributed by atoms with Gasteiger partial charge in [-0.05, 0) is 60.0 Å². The molecule has 1 N–H and O–H groups in total. The van der Waals surface area contributed by atoms with E-state index in [1.807, 2.05) is 21.4 Å². The third-order valence-electron chi connectivity index (χ3n) is 4.86. The molecule has 7 nitrogen and oxygen atoms in total. The van der Waals surface area contributed by atoms with Crippen LogP contribution in [0.2, 0.25) is 0 Å². The third-order valence-corrected chi connectivity index (χ3v) is 4.86. The molecule has 3 heterocycles. The monoisotopic (exact) mass is 409 g/mol. The quantitative estimate of drug-likeness (QED) is 0.521. The molecule has 1 aromatic carbocycles. The molecule has 0 aliphatic heterocycles. The van der Waals surface area contributed by atoms with E-state index in [4.69, 9.17) is 4.98 Å². The van der Waals surface area contributed by atoms with Gasteiger partial charge in [-0.2, -0.15) is 0 Å². The van der Waals surface area contributed by atoms with Gasteiger partial charge < -0.3 is 14.8 Å². The number of rotatable bonds is 6. The largest absolute Gasteiger partial charge is 0.365 e. The Morgan fingerprint density at radius 2 is 1.83 bits per heavy atom. The van der Waals surface area contributed by atoms with E-state index in [1.165, 1.54) is 6.07 Å². The third kappa shape index (κ3) is 3.87. The van der Waals surface area contributed by atoms with Crippen LogP contribution >= 0.6 is 0 Å². The molecule has 0 atom stereocenters. The summed E-state index contributed by atoms with van der Waals surface area (Å²) in [7, 11) is 4.12. The lowest BCUT2D eigenvalue weighted by Crippen LogP contribution is -2.27. The van der Waals surface area contributed by atoms with Crippen LogP contribution in [0.15, 0.2) is 36.9 Å². The molecule has 0 unspecified atom stereocenters. The summed E-state index contributed by atoms with van der Waals surface area (Å²) in [6.07, 6.45) is 4.55. The van der Waals surface area contributed by atoms with Crippen LogP contribution in [0.25, 0.3) is 28.1 Å². The molecule has 0 spiro atoms. The molecule has 0 radical (unpaired) electrons. The molecular weight excluding hydrogens is 381 g/mol. The average molecular weight is 410 g/mol. The summed E-state index contributed by atoms with van der Waals surface area (Å²) in [4.78, 5) is 16.2. The Kier molecular flexibility index (Phi) is 5.19. The Bertz CT molecular complexity index is 1180. The topological polar surface area (TPSA) is 63.3 Å². The minimum absolute atomic E-state index is 0.240. The minimum Gasteiger partial charge on any atom is -0.365 e. The molecule has 0 saturated heterocycles. The van der Waals surface area contributed by atoms with Crippen molar-refractivity contribution >= 4 is 22.6 Å². The van der Waals surface area contributed by atoms with Crippen molar-refractivity contribution in [2.24, 2.45) is 0 Å². The maximum absolute atomic E-state index is 14.6. The predicted octanol–water partition coefficient (Wildman–Crippen LogP) is 4.05. The van der Waals surface area contributed by atoms with Gasteiger partial charge in [-0.1, -0.05) is 12.1 Å². The number of halogens is 1. The fourth-order valence-electron chi connectivity index (χ4n) is 3.53. The highest BCUT2D eigenvalue weighted by Gasteiger charge is 2.23. The molecule has 0 amide bonds. The Balaban J connectivity index is 1.87. The molecule has 0 fully saturated rings. The summed E-state index contributed by atoms with van der Waals surface area (Å²) in [5.41, 5.74) is 2.93. The highest BCUT2D eigenvalue weighted by Crippen LogP contribution is 2.33. The van der Waals surface area contributed by atoms with Gasteiger partial charge in [0.05, 0.1) is 6.33 Å². The minimum atomic E-state index is -0.309. The number of hydrogen-bond donors (Lipinski definition) is 1. The zero-order valence-electron chi connectivity index (χ0n) is 18.1. The average Bonchev–Trinajstić information content (AvgIpc) is 3.22. The maximum Gasteiger partial charge on any atom is 0.170 e. The van der Waals surface area contributed by atoms with Gasteiger partial charge in [0, 0.05) is 17.6 Å². The Morgan fingerprint density at radius 3 is 2.53 bits per heavy atom. The molecule has 3 aromatic heterocycles. The number of benzene rings is 1. The smallest absolute Gasteiger partial charge is 0.170 e. The van der Waals surface area contributed by atoms with E-state index in [1.54, 1.807) is 18.5 Å². The van der Waals surface area contributed by atoms with Crippen LogP contribution in [0.5, 0.6) is 0 Å². The van der Waals surface area contributed by atoms with Crippen LogP contribution in [-0.4, -0.2) is 55.0 Å². The molecule has 0 aliphatic carbocycles. The first-order chi connectivity index (χ1) is 14.2. The predicted molar refractivity (Wildman–Crippen MR) is 118 cm³/mol. The van der Waals surface area contributed by atoms with Crippen molar-refractivity contribution < 1.29 is 4.39 Å². The first-order valence-corrected chi connectivity index (χ1v) is 10.1. The van der Waals surface area contributed by atoms with E-state index < -0.39 is 0 Å². The maximum atomic E-state index is 14.6. The second-order valence-corrected chi connectivity index (χ2v) is 8.87. The van der Waals surface area contributed by atoms with Crippen molar-refractivity contribution in [3.63, 3.8) is 0 Å². The molecule has 0 saturated carbocycles. The second kappa shape index (κ2) is 7.68.